The molecule has 27 heavy (non-hydrogen) atoms. The fourth-order valence-corrected chi connectivity index (χ4v) is 2.81. The lowest BCUT2D eigenvalue weighted by Gasteiger charge is -2.14. The third-order valence-electron chi connectivity index (χ3n) is 4.47. The molecule has 0 radical (unpaired) electrons. The van der Waals surface area contributed by atoms with Gasteiger partial charge in [-0.25, -0.2) is 18.7 Å². The number of aromatic nitrogens is 2. The Bertz CT molecular complexity index is 998. The number of carbonyl (C=O) groups excluding carboxylic acids is 1. The number of ether oxygens (including phenoxy) is 1. The summed E-state index contributed by atoms with van der Waals surface area (Å²) >= 11 is 0. The molecule has 0 atom stereocenters. The summed E-state index contributed by atoms with van der Waals surface area (Å²) in [6.45, 7) is 1.78. The van der Waals surface area contributed by atoms with Crippen LogP contribution >= 0.6 is 0 Å². The molecule has 1 aromatic heterocycles. The van der Waals surface area contributed by atoms with Crippen LogP contribution in [0.5, 0.6) is 5.75 Å². The van der Waals surface area contributed by atoms with E-state index >= 15 is 0 Å². The fourth-order valence-electron chi connectivity index (χ4n) is 2.81. The molecule has 136 valence electrons. The second-order valence-electron chi connectivity index (χ2n) is 6.57. The Kier molecular flexibility index (Phi) is 4.39. The van der Waals surface area contributed by atoms with Crippen LogP contribution in [0.4, 0.5) is 8.78 Å². The molecular weight excluding hydrogens is 350 g/mol. The number of nitrogens with zero attached hydrogens (tertiary/aromatic N) is 2. The van der Waals surface area contributed by atoms with Gasteiger partial charge in [-0.05, 0) is 37.0 Å². The predicted octanol–water partition coefficient (Wildman–Crippen LogP) is 4.71. The van der Waals surface area contributed by atoms with Gasteiger partial charge in [-0.15, -0.1) is 0 Å². The first-order valence-corrected chi connectivity index (χ1v) is 8.62. The minimum Gasteiger partial charge on any atom is -0.425 e. The van der Waals surface area contributed by atoms with E-state index in [-0.39, 0.29) is 23.2 Å². The maximum absolute atomic E-state index is 14.6. The third kappa shape index (κ3) is 3.56. The van der Waals surface area contributed by atoms with E-state index < -0.39 is 11.6 Å². The van der Waals surface area contributed by atoms with Gasteiger partial charge in [-0.2, -0.15) is 0 Å². The van der Waals surface area contributed by atoms with Crippen LogP contribution in [0.2, 0.25) is 0 Å². The van der Waals surface area contributed by atoms with E-state index in [1.54, 1.807) is 37.3 Å². The molecule has 3 aromatic rings. The molecule has 0 spiro atoms. The first-order valence-electron chi connectivity index (χ1n) is 8.62. The third-order valence-corrected chi connectivity index (χ3v) is 4.47. The molecule has 0 aliphatic heterocycles. The van der Waals surface area contributed by atoms with E-state index in [0.717, 1.165) is 25.2 Å². The summed E-state index contributed by atoms with van der Waals surface area (Å²) in [5.74, 6) is -0.769. The molecule has 1 aliphatic rings. The molecule has 0 bridgehead atoms. The zero-order chi connectivity index (χ0) is 19.0. The number of halogens is 2. The van der Waals surface area contributed by atoms with Crippen molar-refractivity contribution in [2.24, 2.45) is 5.92 Å². The highest BCUT2D eigenvalue weighted by atomic mass is 19.1. The maximum atomic E-state index is 14.6. The summed E-state index contributed by atoms with van der Waals surface area (Å²) in [6.07, 6.45) is 3.81. The van der Waals surface area contributed by atoms with Gasteiger partial charge in [0.2, 0.25) is 0 Å². The van der Waals surface area contributed by atoms with Crippen LogP contribution in [0.25, 0.3) is 22.5 Å². The Labute approximate surface area is 154 Å². The summed E-state index contributed by atoms with van der Waals surface area (Å²) in [7, 11) is 0. The van der Waals surface area contributed by atoms with Crippen LogP contribution in [0, 0.1) is 24.5 Å². The van der Waals surface area contributed by atoms with Crippen molar-refractivity contribution in [3.8, 4) is 28.3 Å². The van der Waals surface area contributed by atoms with Crippen molar-refractivity contribution in [3.05, 3.63) is 66.0 Å². The molecule has 4 nitrogen and oxygen atoms in total. The van der Waals surface area contributed by atoms with Crippen LogP contribution in [-0.4, -0.2) is 15.9 Å². The van der Waals surface area contributed by atoms with E-state index in [0.29, 0.717) is 22.5 Å². The molecular formula is C21H16F2N2O2. The number of rotatable bonds is 4. The SMILES string of the molecule is Cc1ccc(F)c(-c2ccc(-c3ncc(F)cn3)cc2)c1OC(=O)C1CC1. The molecule has 4 rings (SSSR count). The second-order valence-corrected chi connectivity index (χ2v) is 6.57. The topological polar surface area (TPSA) is 52.1 Å². The average molecular weight is 366 g/mol. The Morgan fingerprint density at radius 3 is 2.26 bits per heavy atom. The summed E-state index contributed by atoms with van der Waals surface area (Å²) < 4.78 is 33.1. The largest absolute Gasteiger partial charge is 0.425 e. The standard InChI is InChI=1S/C21H16F2N2O2/c1-12-2-9-17(23)18(19(12)27-21(26)15-7-8-15)13-3-5-14(6-4-13)20-24-10-16(22)11-25-20/h2-6,9-11,15H,7-8H2,1H3. The van der Waals surface area contributed by atoms with Crippen LogP contribution in [-0.2, 0) is 4.79 Å². The van der Waals surface area contributed by atoms with Crippen molar-refractivity contribution in [2.75, 3.05) is 0 Å². The van der Waals surface area contributed by atoms with Crippen LogP contribution < -0.4 is 4.74 Å². The van der Waals surface area contributed by atoms with Gasteiger partial charge in [0.25, 0.3) is 0 Å². The van der Waals surface area contributed by atoms with Gasteiger partial charge in [0.05, 0.1) is 23.9 Å². The van der Waals surface area contributed by atoms with Gasteiger partial charge in [0.15, 0.2) is 11.6 Å². The van der Waals surface area contributed by atoms with Gasteiger partial charge in [0.1, 0.15) is 11.6 Å². The summed E-state index contributed by atoms with van der Waals surface area (Å²) in [6, 6.07) is 9.79. The predicted molar refractivity (Wildman–Crippen MR) is 95.9 cm³/mol. The lowest BCUT2D eigenvalue weighted by molar-refractivity contribution is -0.135. The van der Waals surface area contributed by atoms with Gasteiger partial charge in [-0.3, -0.25) is 4.79 Å². The average Bonchev–Trinajstić information content (AvgIpc) is 3.51. The van der Waals surface area contributed by atoms with Crippen LogP contribution in [0.1, 0.15) is 18.4 Å². The molecule has 1 saturated carbocycles. The Hall–Kier alpha value is -3.15. The number of esters is 1. The van der Waals surface area contributed by atoms with Gasteiger partial charge >= 0.3 is 5.97 Å². The smallest absolute Gasteiger partial charge is 0.314 e. The van der Waals surface area contributed by atoms with Crippen molar-refractivity contribution < 1.29 is 18.3 Å². The molecule has 1 aliphatic carbocycles. The molecule has 6 heteroatoms. The van der Waals surface area contributed by atoms with Crippen molar-refractivity contribution in [1.29, 1.82) is 0 Å². The van der Waals surface area contributed by atoms with Gasteiger partial charge in [-0.1, -0.05) is 30.3 Å². The van der Waals surface area contributed by atoms with Crippen LogP contribution in [0.3, 0.4) is 0 Å². The Balaban J connectivity index is 1.71. The monoisotopic (exact) mass is 366 g/mol. The summed E-state index contributed by atoms with van der Waals surface area (Å²) in [5, 5.41) is 0. The quantitative estimate of drug-likeness (QED) is 0.496. The number of hydrogen-bond donors (Lipinski definition) is 0. The van der Waals surface area contributed by atoms with E-state index in [9.17, 15) is 13.6 Å². The van der Waals surface area contributed by atoms with Crippen molar-refractivity contribution in [2.45, 2.75) is 19.8 Å². The van der Waals surface area contributed by atoms with Crippen LogP contribution in [0.15, 0.2) is 48.8 Å². The molecule has 1 heterocycles. The molecule has 1 fully saturated rings. The number of aryl methyl sites for hydroxylation is 1. The molecule has 2 aromatic carbocycles. The highest BCUT2D eigenvalue weighted by Crippen LogP contribution is 2.38. The lowest BCUT2D eigenvalue weighted by atomic mass is 9.99. The van der Waals surface area contributed by atoms with E-state index in [1.807, 2.05) is 0 Å². The molecule has 0 unspecified atom stereocenters. The first kappa shape index (κ1) is 17.3. The maximum Gasteiger partial charge on any atom is 0.314 e. The van der Waals surface area contributed by atoms with E-state index in [4.69, 9.17) is 4.74 Å². The highest BCUT2D eigenvalue weighted by molar-refractivity contribution is 5.82. The van der Waals surface area contributed by atoms with E-state index in [2.05, 4.69) is 9.97 Å². The summed E-state index contributed by atoms with van der Waals surface area (Å²) in [5.41, 5.74) is 2.17. The zero-order valence-corrected chi connectivity index (χ0v) is 14.6. The van der Waals surface area contributed by atoms with Crippen molar-refractivity contribution in [3.63, 3.8) is 0 Å². The highest BCUT2D eigenvalue weighted by Gasteiger charge is 2.32. The van der Waals surface area contributed by atoms with Crippen molar-refractivity contribution >= 4 is 5.97 Å². The summed E-state index contributed by atoms with van der Waals surface area (Å²) in [4.78, 5) is 20.0. The number of hydrogen-bond acceptors (Lipinski definition) is 4. The molecule has 0 amide bonds. The van der Waals surface area contributed by atoms with Gasteiger partial charge < -0.3 is 4.74 Å². The second kappa shape index (κ2) is 6.87. The minimum atomic E-state index is -0.515. The first-order chi connectivity index (χ1) is 13.0. The normalized spacial score (nSPS) is 13.4. The minimum absolute atomic E-state index is 0.0847. The molecule has 0 N–H and O–H groups in total. The van der Waals surface area contributed by atoms with E-state index in [1.165, 1.54) is 6.07 Å². The van der Waals surface area contributed by atoms with Gasteiger partial charge in [0, 0.05) is 5.56 Å². The fraction of sp³-hybridized carbons (Fsp3) is 0.190. The zero-order valence-electron chi connectivity index (χ0n) is 14.6. The van der Waals surface area contributed by atoms with Crippen molar-refractivity contribution in [1.82, 2.24) is 9.97 Å². The Morgan fingerprint density at radius 2 is 1.63 bits per heavy atom. The lowest BCUT2D eigenvalue weighted by Crippen LogP contribution is -2.12. The molecule has 0 saturated heterocycles. The number of carbonyl (C=O) groups is 1. The number of benzene rings is 2. The Morgan fingerprint density at radius 1 is 1.00 bits per heavy atom.